The lowest BCUT2D eigenvalue weighted by Gasteiger charge is -2.11. The third-order valence-corrected chi connectivity index (χ3v) is 6.43. The Morgan fingerprint density at radius 1 is 1.06 bits per heavy atom. The molecule has 0 unspecified atom stereocenters. The van der Waals surface area contributed by atoms with Crippen molar-refractivity contribution in [1.29, 1.82) is 0 Å². The van der Waals surface area contributed by atoms with Crippen molar-refractivity contribution in [3.05, 3.63) is 58.9 Å². The highest BCUT2D eigenvalue weighted by Gasteiger charge is 2.16. The molecule has 3 N–H and O–H groups in total. The summed E-state index contributed by atoms with van der Waals surface area (Å²) in [5.41, 5.74) is 2.70. The normalized spacial score (nSPS) is 10.7. The number of rotatable bonds is 9. The number of benzene rings is 2. The Balaban J connectivity index is 1.47. The minimum Gasteiger partial charge on any atom is -0.346 e. The lowest BCUT2D eigenvalue weighted by Crippen LogP contribution is -2.34. The van der Waals surface area contributed by atoms with E-state index in [-0.39, 0.29) is 5.75 Å². The molecule has 1 heterocycles. The van der Waals surface area contributed by atoms with Crippen LogP contribution in [0.15, 0.2) is 34.7 Å². The number of thioether (sulfide) groups is 1. The van der Waals surface area contributed by atoms with Crippen LogP contribution in [0, 0.1) is 24.4 Å². The fraction of sp³-hybridized carbons (Fsp3) is 0.238. The minimum absolute atomic E-state index is 0.0218. The van der Waals surface area contributed by atoms with Crippen LogP contribution in [0.5, 0.6) is 0 Å². The molecule has 0 aliphatic rings. The summed E-state index contributed by atoms with van der Waals surface area (Å²) in [4.78, 5) is 23.9. The first kappa shape index (κ1) is 24.5. The van der Waals surface area contributed by atoms with Gasteiger partial charge in [-0.15, -0.1) is 10.2 Å². The highest BCUT2D eigenvalue weighted by atomic mass is 32.2. The maximum atomic E-state index is 13.6. The van der Waals surface area contributed by atoms with E-state index in [0.717, 1.165) is 41.1 Å². The summed E-state index contributed by atoms with van der Waals surface area (Å²) in [6.45, 7) is 3.60. The van der Waals surface area contributed by atoms with Crippen LogP contribution in [0.2, 0.25) is 0 Å². The number of anilines is 3. The summed E-state index contributed by atoms with van der Waals surface area (Å²) in [5, 5.41) is 16.5. The highest BCUT2D eigenvalue weighted by molar-refractivity contribution is 8.01. The lowest BCUT2D eigenvalue weighted by molar-refractivity contribution is -0.122. The van der Waals surface area contributed by atoms with Crippen LogP contribution in [-0.2, 0) is 16.0 Å². The third-order valence-electron chi connectivity index (χ3n) is 4.46. The molecule has 2 aromatic carbocycles. The molecule has 0 aliphatic carbocycles. The molecule has 7 nitrogen and oxygen atoms in total. The Labute approximate surface area is 196 Å². The zero-order valence-corrected chi connectivity index (χ0v) is 19.3. The van der Waals surface area contributed by atoms with Gasteiger partial charge < -0.3 is 16.0 Å². The average Bonchev–Trinajstić information content (AvgIpc) is 3.25. The Kier molecular flexibility index (Phi) is 8.28. The van der Waals surface area contributed by atoms with Gasteiger partial charge in [0.25, 0.3) is 0 Å². The van der Waals surface area contributed by atoms with Crippen molar-refractivity contribution in [2.75, 3.05) is 22.9 Å². The summed E-state index contributed by atoms with van der Waals surface area (Å²) >= 11 is 2.44. The number of amides is 2. The molecule has 0 saturated carbocycles. The van der Waals surface area contributed by atoms with Gasteiger partial charge in [0.15, 0.2) is 21.8 Å². The standard InChI is InChI=1S/C21H20F3N5O2S2/c1-3-12-6-4-5-11(2)19(12)27-20-28-29-21(33-20)32-10-16(31)25-9-15(30)26-14-8-7-13(22)17(23)18(14)24/h4-8H,3,9-10H2,1-2H3,(H,25,31)(H,26,30)(H,27,28). The number of nitrogens with zero attached hydrogens (tertiary/aromatic N) is 2. The van der Waals surface area contributed by atoms with Gasteiger partial charge in [-0.2, -0.15) is 0 Å². The molecule has 33 heavy (non-hydrogen) atoms. The van der Waals surface area contributed by atoms with Crippen molar-refractivity contribution in [1.82, 2.24) is 15.5 Å². The zero-order valence-electron chi connectivity index (χ0n) is 17.7. The molecular weight excluding hydrogens is 475 g/mol. The number of hydrogen-bond donors (Lipinski definition) is 3. The van der Waals surface area contributed by atoms with Crippen LogP contribution in [0.1, 0.15) is 18.1 Å². The molecular formula is C21H20F3N5O2S2. The van der Waals surface area contributed by atoms with E-state index >= 15 is 0 Å². The van der Waals surface area contributed by atoms with Crippen molar-refractivity contribution >= 4 is 51.4 Å². The van der Waals surface area contributed by atoms with Gasteiger partial charge in [-0.1, -0.05) is 48.2 Å². The molecule has 0 radical (unpaired) electrons. The second-order valence-electron chi connectivity index (χ2n) is 6.80. The van der Waals surface area contributed by atoms with Crippen LogP contribution >= 0.6 is 23.1 Å². The van der Waals surface area contributed by atoms with Crippen LogP contribution in [-0.4, -0.2) is 34.3 Å². The van der Waals surface area contributed by atoms with Crippen molar-refractivity contribution in [3.8, 4) is 0 Å². The van der Waals surface area contributed by atoms with E-state index in [2.05, 4.69) is 33.1 Å². The maximum Gasteiger partial charge on any atom is 0.243 e. The van der Waals surface area contributed by atoms with E-state index in [1.54, 1.807) is 0 Å². The molecule has 174 valence electrons. The Bertz CT molecular complexity index is 1170. The van der Waals surface area contributed by atoms with Gasteiger partial charge in [0.2, 0.25) is 16.9 Å². The number of carbonyl (C=O) groups is 2. The van der Waals surface area contributed by atoms with Gasteiger partial charge in [-0.05, 0) is 36.6 Å². The largest absolute Gasteiger partial charge is 0.346 e. The van der Waals surface area contributed by atoms with Crippen molar-refractivity contribution in [2.45, 2.75) is 24.6 Å². The highest BCUT2D eigenvalue weighted by Crippen LogP contribution is 2.30. The first-order valence-electron chi connectivity index (χ1n) is 9.80. The molecule has 3 aromatic rings. The van der Waals surface area contributed by atoms with Gasteiger partial charge >= 0.3 is 0 Å². The fourth-order valence-corrected chi connectivity index (χ4v) is 4.39. The van der Waals surface area contributed by atoms with Gasteiger partial charge in [0.1, 0.15) is 0 Å². The SMILES string of the molecule is CCc1cccc(C)c1Nc1nnc(SCC(=O)NCC(=O)Nc2ccc(F)c(F)c2F)s1. The molecule has 0 fully saturated rings. The summed E-state index contributed by atoms with van der Waals surface area (Å²) in [6, 6.07) is 7.61. The number of hydrogen-bond acceptors (Lipinski definition) is 7. The van der Waals surface area contributed by atoms with E-state index in [1.165, 1.54) is 11.3 Å². The van der Waals surface area contributed by atoms with Crippen LogP contribution in [0.25, 0.3) is 0 Å². The second-order valence-corrected chi connectivity index (χ2v) is 9.00. The topological polar surface area (TPSA) is 96.0 Å². The van der Waals surface area contributed by atoms with E-state index in [0.29, 0.717) is 15.5 Å². The molecule has 0 spiro atoms. The van der Waals surface area contributed by atoms with Crippen molar-refractivity contribution in [2.24, 2.45) is 0 Å². The monoisotopic (exact) mass is 495 g/mol. The van der Waals surface area contributed by atoms with Crippen LogP contribution < -0.4 is 16.0 Å². The smallest absolute Gasteiger partial charge is 0.243 e. The molecule has 0 bridgehead atoms. The summed E-state index contributed by atoms with van der Waals surface area (Å²) in [7, 11) is 0. The molecule has 3 rings (SSSR count). The zero-order chi connectivity index (χ0) is 24.0. The van der Waals surface area contributed by atoms with Crippen LogP contribution in [0.4, 0.5) is 29.7 Å². The number of nitrogens with one attached hydrogen (secondary N) is 3. The van der Waals surface area contributed by atoms with Crippen molar-refractivity contribution < 1.29 is 22.8 Å². The predicted molar refractivity (Wildman–Crippen MR) is 122 cm³/mol. The number of para-hydroxylation sites is 1. The van der Waals surface area contributed by atoms with Crippen molar-refractivity contribution in [3.63, 3.8) is 0 Å². The summed E-state index contributed by atoms with van der Waals surface area (Å²) < 4.78 is 40.3. The summed E-state index contributed by atoms with van der Waals surface area (Å²) in [6.07, 6.45) is 0.862. The minimum atomic E-state index is -1.69. The van der Waals surface area contributed by atoms with Gasteiger partial charge in [0.05, 0.1) is 18.0 Å². The predicted octanol–water partition coefficient (Wildman–Crippen LogP) is 4.42. The first-order valence-corrected chi connectivity index (χ1v) is 11.6. The fourth-order valence-electron chi connectivity index (χ4n) is 2.80. The number of aryl methyl sites for hydroxylation is 2. The number of halogens is 3. The Morgan fingerprint density at radius 2 is 1.85 bits per heavy atom. The van der Waals surface area contributed by atoms with Gasteiger partial charge in [-0.3, -0.25) is 9.59 Å². The average molecular weight is 496 g/mol. The molecule has 12 heteroatoms. The van der Waals surface area contributed by atoms with E-state index in [1.807, 2.05) is 25.1 Å². The molecule has 0 atom stereocenters. The number of carbonyl (C=O) groups excluding carboxylic acids is 2. The quantitative estimate of drug-likeness (QED) is 0.301. The van der Waals surface area contributed by atoms with E-state index in [9.17, 15) is 22.8 Å². The number of aromatic nitrogens is 2. The van der Waals surface area contributed by atoms with E-state index < -0.39 is 41.5 Å². The lowest BCUT2D eigenvalue weighted by atomic mass is 10.1. The molecule has 2 amide bonds. The summed E-state index contributed by atoms with van der Waals surface area (Å²) in [5.74, 6) is -5.83. The van der Waals surface area contributed by atoms with Gasteiger partial charge in [-0.25, -0.2) is 13.2 Å². The first-order chi connectivity index (χ1) is 15.8. The Hall–Kier alpha value is -3.12. The third kappa shape index (κ3) is 6.45. The molecule has 0 saturated heterocycles. The maximum absolute atomic E-state index is 13.6. The van der Waals surface area contributed by atoms with Crippen LogP contribution in [0.3, 0.4) is 0 Å². The Morgan fingerprint density at radius 3 is 2.61 bits per heavy atom. The second kappa shape index (κ2) is 11.1. The van der Waals surface area contributed by atoms with Gasteiger partial charge in [0, 0.05) is 5.69 Å². The van der Waals surface area contributed by atoms with E-state index in [4.69, 9.17) is 0 Å². The molecule has 0 aliphatic heterocycles. The molecule has 1 aromatic heterocycles.